The van der Waals surface area contributed by atoms with Crippen LogP contribution in [0, 0.1) is 13.8 Å². The first-order valence-electron chi connectivity index (χ1n) is 4.73. The summed E-state index contributed by atoms with van der Waals surface area (Å²) in [5.41, 5.74) is -0.253. The smallest absolute Gasteiger partial charge is 0.265 e. The number of carbonyl (C=O) groups excluding carboxylic acids is 1. The zero-order chi connectivity index (χ0) is 15.2. The van der Waals surface area contributed by atoms with Gasteiger partial charge >= 0.3 is 23.9 Å². The molecule has 0 saturated carbocycles. The summed E-state index contributed by atoms with van der Waals surface area (Å²) < 4.78 is 87.0. The van der Waals surface area contributed by atoms with Crippen LogP contribution in [0.15, 0.2) is 6.07 Å². The maximum Gasteiger partial charge on any atom is 0.460 e. The Morgan fingerprint density at radius 3 is 1.89 bits per heavy atom. The van der Waals surface area contributed by atoms with E-state index in [9.17, 15) is 35.5 Å². The summed E-state index contributed by atoms with van der Waals surface area (Å²) in [6.07, 6.45) is -6.55. The Labute approximate surface area is 102 Å². The molecular formula is C9H7F7N2O. The average Bonchev–Trinajstić information content (AvgIpc) is 2.54. The predicted octanol–water partition coefficient (Wildman–Crippen LogP) is 2.97. The minimum Gasteiger partial charge on any atom is -0.265 e. The van der Waals surface area contributed by atoms with Crippen molar-refractivity contribution in [3.63, 3.8) is 0 Å². The Balaban J connectivity index is 3.28. The molecule has 0 bridgehead atoms. The highest BCUT2D eigenvalue weighted by Gasteiger charge is 2.76. The topological polar surface area (TPSA) is 34.9 Å². The lowest BCUT2D eigenvalue weighted by atomic mass is 10.1. The van der Waals surface area contributed by atoms with Gasteiger partial charge in [0.2, 0.25) is 0 Å². The predicted molar refractivity (Wildman–Crippen MR) is 48.3 cm³/mol. The second-order valence-electron chi connectivity index (χ2n) is 3.79. The quantitative estimate of drug-likeness (QED) is 0.785. The van der Waals surface area contributed by atoms with Crippen molar-refractivity contribution in [2.75, 3.05) is 0 Å². The number of alkyl halides is 7. The third-order valence-corrected chi connectivity index (χ3v) is 2.22. The van der Waals surface area contributed by atoms with Crippen LogP contribution < -0.4 is 0 Å². The summed E-state index contributed by atoms with van der Waals surface area (Å²) in [7, 11) is 0. The standard InChI is InChI=1S/C9H7F7N2O/c1-4-3-5(2)18(17-4)6(19)7(10,11)8(12,13)9(14,15)16/h3H,1-2H3. The van der Waals surface area contributed by atoms with Crippen molar-refractivity contribution in [1.29, 1.82) is 0 Å². The fourth-order valence-electron chi connectivity index (χ4n) is 1.28. The van der Waals surface area contributed by atoms with E-state index in [1.54, 1.807) is 0 Å². The molecule has 0 aromatic carbocycles. The van der Waals surface area contributed by atoms with Crippen molar-refractivity contribution in [1.82, 2.24) is 9.78 Å². The van der Waals surface area contributed by atoms with Crippen LogP contribution in [0.5, 0.6) is 0 Å². The highest BCUT2D eigenvalue weighted by atomic mass is 19.4. The van der Waals surface area contributed by atoms with Crippen molar-refractivity contribution in [3.05, 3.63) is 17.5 Å². The monoisotopic (exact) mass is 292 g/mol. The van der Waals surface area contributed by atoms with Crippen LogP contribution in [0.4, 0.5) is 30.7 Å². The van der Waals surface area contributed by atoms with Crippen LogP contribution in [-0.4, -0.2) is 33.7 Å². The number of halogens is 7. The van der Waals surface area contributed by atoms with E-state index in [0.717, 1.165) is 13.0 Å². The van der Waals surface area contributed by atoms with E-state index in [1.807, 2.05) is 0 Å². The van der Waals surface area contributed by atoms with Crippen molar-refractivity contribution < 1.29 is 35.5 Å². The van der Waals surface area contributed by atoms with E-state index in [4.69, 9.17) is 0 Å². The molecule has 0 atom stereocenters. The van der Waals surface area contributed by atoms with Gasteiger partial charge in [0.15, 0.2) is 0 Å². The van der Waals surface area contributed by atoms with Gasteiger partial charge in [-0.3, -0.25) is 4.79 Å². The Morgan fingerprint density at radius 2 is 1.58 bits per heavy atom. The van der Waals surface area contributed by atoms with Crippen LogP contribution in [0.1, 0.15) is 16.2 Å². The van der Waals surface area contributed by atoms with Gasteiger partial charge in [0.25, 0.3) is 0 Å². The summed E-state index contributed by atoms with van der Waals surface area (Å²) in [5, 5.41) is 3.16. The molecule has 1 aromatic heterocycles. The molecule has 108 valence electrons. The highest BCUT2D eigenvalue weighted by Crippen LogP contribution is 2.47. The molecule has 3 nitrogen and oxygen atoms in total. The summed E-state index contributed by atoms with van der Waals surface area (Å²) in [5.74, 6) is -15.2. The molecule has 0 fully saturated rings. The molecule has 0 unspecified atom stereocenters. The molecule has 0 N–H and O–H groups in total. The van der Waals surface area contributed by atoms with Gasteiger partial charge in [-0.05, 0) is 19.9 Å². The molecule has 0 radical (unpaired) electrons. The zero-order valence-corrected chi connectivity index (χ0v) is 9.53. The molecule has 1 heterocycles. The van der Waals surface area contributed by atoms with Crippen LogP contribution >= 0.6 is 0 Å². The van der Waals surface area contributed by atoms with Crippen LogP contribution in [-0.2, 0) is 0 Å². The van der Waals surface area contributed by atoms with Crippen molar-refractivity contribution in [2.24, 2.45) is 0 Å². The molecule has 19 heavy (non-hydrogen) atoms. The lowest BCUT2D eigenvalue weighted by Gasteiger charge is -2.26. The van der Waals surface area contributed by atoms with Gasteiger partial charge in [-0.2, -0.15) is 40.5 Å². The number of aromatic nitrogens is 2. The van der Waals surface area contributed by atoms with Gasteiger partial charge in [0.1, 0.15) is 0 Å². The van der Waals surface area contributed by atoms with Crippen molar-refractivity contribution >= 4 is 5.91 Å². The fourth-order valence-corrected chi connectivity index (χ4v) is 1.28. The normalized spacial score (nSPS) is 13.7. The number of hydrogen-bond donors (Lipinski definition) is 0. The average molecular weight is 292 g/mol. The van der Waals surface area contributed by atoms with E-state index in [0.29, 0.717) is 0 Å². The molecule has 10 heteroatoms. The molecule has 0 saturated heterocycles. The highest BCUT2D eigenvalue weighted by molar-refractivity contribution is 5.87. The summed E-state index contributed by atoms with van der Waals surface area (Å²) in [6, 6.07) is 1.08. The summed E-state index contributed by atoms with van der Waals surface area (Å²) in [4.78, 5) is 11.2. The summed E-state index contributed by atoms with van der Waals surface area (Å²) >= 11 is 0. The van der Waals surface area contributed by atoms with Crippen molar-refractivity contribution in [2.45, 2.75) is 31.9 Å². The SMILES string of the molecule is Cc1cc(C)n(C(=O)C(F)(F)C(F)(F)C(F)(F)F)n1. The van der Waals surface area contributed by atoms with Crippen molar-refractivity contribution in [3.8, 4) is 0 Å². The van der Waals surface area contributed by atoms with Gasteiger partial charge < -0.3 is 0 Å². The minimum atomic E-state index is -6.55. The van der Waals surface area contributed by atoms with Gasteiger partial charge in [-0.25, -0.2) is 0 Å². The molecular weight excluding hydrogens is 285 g/mol. The van der Waals surface area contributed by atoms with E-state index < -0.39 is 23.9 Å². The lowest BCUT2D eigenvalue weighted by Crippen LogP contribution is -2.57. The van der Waals surface area contributed by atoms with Gasteiger partial charge in [0, 0.05) is 5.69 Å². The number of nitrogens with zero attached hydrogens (tertiary/aromatic N) is 2. The number of carbonyl (C=O) groups is 1. The first kappa shape index (κ1) is 15.4. The molecule has 0 aliphatic rings. The van der Waals surface area contributed by atoms with Crippen LogP contribution in [0.25, 0.3) is 0 Å². The first-order chi connectivity index (χ1) is 8.32. The zero-order valence-electron chi connectivity index (χ0n) is 9.53. The van der Waals surface area contributed by atoms with E-state index in [-0.39, 0.29) is 16.1 Å². The molecule has 0 aliphatic carbocycles. The fraction of sp³-hybridized carbons (Fsp3) is 0.556. The number of aryl methyl sites for hydroxylation is 2. The van der Waals surface area contributed by atoms with E-state index >= 15 is 0 Å². The van der Waals surface area contributed by atoms with Gasteiger partial charge in [-0.15, -0.1) is 0 Å². The second kappa shape index (κ2) is 4.20. The Bertz CT molecular complexity index is 503. The Kier molecular flexibility index (Phi) is 3.42. The van der Waals surface area contributed by atoms with E-state index in [2.05, 4.69) is 5.10 Å². The lowest BCUT2D eigenvalue weighted by molar-refractivity contribution is -0.340. The third-order valence-electron chi connectivity index (χ3n) is 2.22. The third kappa shape index (κ3) is 2.30. The molecule has 1 aromatic rings. The number of hydrogen-bond acceptors (Lipinski definition) is 2. The van der Waals surface area contributed by atoms with Gasteiger partial charge in [0.05, 0.1) is 5.69 Å². The Hall–Kier alpha value is -1.61. The molecule has 0 amide bonds. The molecule has 0 spiro atoms. The van der Waals surface area contributed by atoms with Crippen LogP contribution in [0.2, 0.25) is 0 Å². The summed E-state index contributed by atoms with van der Waals surface area (Å²) in [6.45, 7) is 2.33. The van der Waals surface area contributed by atoms with E-state index in [1.165, 1.54) is 6.92 Å². The maximum absolute atomic E-state index is 13.1. The maximum atomic E-state index is 13.1. The van der Waals surface area contributed by atoms with Gasteiger partial charge in [-0.1, -0.05) is 0 Å². The molecule has 0 aliphatic heterocycles. The second-order valence-corrected chi connectivity index (χ2v) is 3.79. The Morgan fingerprint density at radius 1 is 1.11 bits per heavy atom. The first-order valence-corrected chi connectivity index (χ1v) is 4.73. The minimum absolute atomic E-state index is 0.0250. The van der Waals surface area contributed by atoms with Crippen LogP contribution in [0.3, 0.4) is 0 Å². The molecule has 1 rings (SSSR count). The largest absolute Gasteiger partial charge is 0.460 e. The number of rotatable bonds is 2.